The van der Waals surface area contributed by atoms with Gasteiger partial charge in [0, 0.05) is 10.9 Å². The number of hydrogen-bond donors (Lipinski definition) is 1. The third kappa shape index (κ3) is 6.30. The van der Waals surface area contributed by atoms with Crippen LogP contribution in [-0.2, 0) is 16.2 Å². The van der Waals surface area contributed by atoms with Crippen LogP contribution < -0.4 is 4.72 Å². The third-order valence-corrected chi connectivity index (χ3v) is 7.21. The maximum atomic E-state index is 14.0. The molecule has 1 N–H and O–H groups in total. The molecule has 3 aromatic carbocycles. The number of alkyl halides is 4. The highest BCUT2D eigenvalue weighted by molar-refractivity contribution is 7.90. The number of aliphatic imine (C=N–C) groups is 1. The Morgan fingerprint density at radius 1 is 1.08 bits per heavy atom. The Labute approximate surface area is 220 Å². The van der Waals surface area contributed by atoms with Crippen LogP contribution in [-0.4, -0.2) is 44.9 Å². The molecule has 0 aliphatic carbocycles. The van der Waals surface area contributed by atoms with Crippen LogP contribution in [0.1, 0.15) is 22.6 Å². The number of guanidine groups is 1. The molecule has 3 aromatic rings. The number of hydrogen-bond acceptors (Lipinski definition) is 4. The zero-order valence-electron chi connectivity index (χ0n) is 19.5. The molecule has 1 aliphatic rings. The first-order valence-corrected chi connectivity index (χ1v) is 13.0. The summed E-state index contributed by atoms with van der Waals surface area (Å²) in [6, 6.07) is 15.4. The summed E-state index contributed by atoms with van der Waals surface area (Å²) in [7, 11) is -4.43. The van der Waals surface area contributed by atoms with Crippen molar-refractivity contribution in [3.8, 4) is 0 Å². The fourth-order valence-corrected chi connectivity index (χ4v) is 4.97. The Bertz CT molecular complexity index is 1460. The van der Waals surface area contributed by atoms with Crippen LogP contribution in [0.3, 0.4) is 0 Å². The summed E-state index contributed by atoms with van der Waals surface area (Å²) >= 11 is 6.00. The van der Waals surface area contributed by atoms with Crippen LogP contribution in [0.5, 0.6) is 0 Å². The van der Waals surface area contributed by atoms with E-state index in [1.54, 1.807) is 30.3 Å². The molecule has 0 saturated carbocycles. The first-order chi connectivity index (χ1) is 18.0. The highest BCUT2D eigenvalue weighted by Crippen LogP contribution is 2.31. The molecule has 1 unspecified atom stereocenters. The predicted molar refractivity (Wildman–Crippen MR) is 134 cm³/mol. The molecule has 1 aliphatic heterocycles. The molecule has 6 nitrogen and oxygen atoms in total. The topological polar surface area (TPSA) is 74.1 Å². The van der Waals surface area contributed by atoms with E-state index in [1.165, 1.54) is 23.2 Å². The molecule has 0 radical (unpaired) electrons. The van der Waals surface area contributed by atoms with Gasteiger partial charge in [0.1, 0.15) is 12.5 Å². The molecule has 13 heteroatoms. The number of hydrazone groups is 1. The zero-order chi connectivity index (χ0) is 27.5. The number of benzene rings is 3. The zero-order valence-corrected chi connectivity index (χ0v) is 21.0. The lowest BCUT2D eigenvalue weighted by Gasteiger charge is -2.20. The van der Waals surface area contributed by atoms with E-state index in [1.807, 2.05) is 0 Å². The monoisotopic (exact) mass is 570 g/mol. The van der Waals surface area contributed by atoms with E-state index >= 15 is 0 Å². The van der Waals surface area contributed by atoms with Gasteiger partial charge in [-0.2, -0.15) is 18.3 Å². The van der Waals surface area contributed by atoms with Gasteiger partial charge in [-0.25, -0.2) is 31.9 Å². The van der Waals surface area contributed by atoms with Crippen molar-refractivity contribution in [1.29, 1.82) is 0 Å². The van der Waals surface area contributed by atoms with Crippen LogP contribution in [0.2, 0.25) is 5.02 Å². The highest BCUT2D eigenvalue weighted by atomic mass is 35.5. The van der Waals surface area contributed by atoms with E-state index in [4.69, 9.17) is 11.6 Å². The fraction of sp³-hybridized carbons (Fsp3) is 0.200. The van der Waals surface area contributed by atoms with Crippen LogP contribution in [0.25, 0.3) is 0 Å². The maximum Gasteiger partial charge on any atom is 0.416 e. The van der Waals surface area contributed by atoms with E-state index in [0.717, 1.165) is 12.1 Å². The van der Waals surface area contributed by atoms with E-state index in [0.29, 0.717) is 34.0 Å². The minimum atomic E-state index is -4.64. The van der Waals surface area contributed by atoms with Crippen LogP contribution in [0.15, 0.2) is 87.8 Å². The summed E-state index contributed by atoms with van der Waals surface area (Å²) in [4.78, 5) is 3.52. The van der Waals surface area contributed by atoms with Gasteiger partial charge >= 0.3 is 6.18 Å². The summed E-state index contributed by atoms with van der Waals surface area (Å²) < 4.78 is 94.0. The molecule has 0 saturated heterocycles. The summed E-state index contributed by atoms with van der Waals surface area (Å²) in [6.07, 6.45) is -4.64. The van der Waals surface area contributed by atoms with Crippen molar-refractivity contribution in [2.24, 2.45) is 10.1 Å². The second-order valence-corrected chi connectivity index (χ2v) is 10.3. The summed E-state index contributed by atoms with van der Waals surface area (Å²) in [5.74, 6) is -1.35. The Balaban J connectivity index is 1.70. The van der Waals surface area contributed by atoms with Gasteiger partial charge in [-0.1, -0.05) is 35.9 Å². The lowest BCUT2D eigenvalue weighted by Crippen LogP contribution is -2.41. The molecule has 0 fully saturated rings. The molecular weight excluding hydrogens is 551 g/mol. The SMILES string of the molecule is O=S(=O)(NC(=NCCF)N1CC(c2cccc(F)c2)C(c2ccc(Cl)cc2)=N1)c1ccc(C(F)(F)F)cc1. The van der Waals surface area contributed by atoms with Gasteiger partial charge in [0.05, 0.1) is 29.3 Å². The van der Waals surface area contributed by atoms with Crippen molar-refractivity contribution >= 4 is 33.3 Å². The van der Waals surface area contributed by atoms with Crippen molar-refractivity contribution in [2.75, 3.05) is 19.8 Å². The smallest absolute Gasteiger partial charge is 0.249 e. The second-order valence-electron chi connectivity index (χ2n) is 8.20. The van der Waals surface area contributed by atoms with Crippen molar-refractivity contribution in [3.05, 3.63) is 100 Å². The Kier molecular flexibility index (Phi) is 8.02. The number of rotatable bonds is 6. The van der Waals surface area contributed by atoms with Gasteiger partial charge in [0.2, 0.25) is 5.96 Å². The quantitative estimate of drug-likeness (QED) is 0.238. The first-order valence-electron chi connectivity index (χ1n) is 11.2. The minimum absolute atomic E-state index is 0.0159. The Morgan fingerprint density at radius 3 is 2.37 bits per heavy atom. The van der Waals surface area contributed by atoms with Crippen molar-refractivity contribution in [3.63, 3.8) is 0 Å². The van der Waals surface area contributed by atoms with Gasteiger partial charge in [-0.05, 0) is 59.7 Å². The van der Waals surface area contributed by atoms with Crippen molar-refractivity contribution in [1.82, 2.24) is 9.73 Å². The highest BCUT2D eigenvalue weighted by Gasteiger charge is 2.34. The van der Waals surface area contributed by atoms with E-state index < -0.39 is 51.6 Å². The van der Waals surface area contributed by atoms with Crippen LogP contribution in [0, 0.1) is 5.82 Å². The van der Waals surface area contributed by atoms with E-state index in [-0.39, 0.29) is 12.5 Å². The Morgan fingerprint density at radius 2 is 1.76 bits per heavy atom. The first kappa shape index (κ1) is 27.5. The molecule has 0 aromatic heterocycles. The van der Waals surface area contributed by atoms with Gasteiger partial charge in [0.25, 0.3) is 10.0 Å². The van der Waals surface area contributed by atoms with Crippen LogP contribution in [0.4, 0.5) is 22.0 Å². The molecular formula is C25H20ClF5N4O2S. The number of halogens is 6. The summed E-state index contributed by atoms with van der Waals surface area (Å²) in [6.45, 7) is -1.29. The second kappa shape index (κ2) is 11.1. The Hall–Kier alpha value is -3.51. The summed E-state index contributed by atoms with van der Waals surface area (Å²) in [5, 5.41) is 6.19. The van der Waals surface area contributed by atoms with Gasteiger partial charge in [0.15, 0.2) is 0 Å². The lowest BCUT2D eigenvalue weighted by atomic mass is 9.90. The van der Waals surface area contributed by atoms with Crippen molar-refractivity contribution < 1.29 is 30.4 Å². The predicted octanol–water partition coefficient (Wildman–Crippen LogP) is 5.61. The fourth-order valence-electron chi connectivity index (χ4n) is 3.82. The maximum absolute atomic E-state index is 14.0. The standard InChI is InChI=1S/C25H20ClF5N4O2S/c26-19-8-4-16(5-9-19)23-22(17-2-1-3-20(28)14-17)15-35(33-23)24(32-13-12-27)34-38(36,37)21-10-6-18(7-11-21)25(29,30)31/h1-11,14,22H,12-13,15H2,(H,32,34). The molecule has 0 amide bonds. The number of nitrogens with zero attached hydrogens (tertiary/aromatic N) is 3. The summed E-state index contributed by atoms with van der Waals surface area (Å²) in [5.41, 5.74) is 0.615. The molecule has 38 heavy (non-hydrogen) atoms. The average molecular weight is 571 g/mol. The molecule has 200 valence electrons. The van der Waals surface area contributed by atoms with Gasteiger partial charge < -0.3 is 0 Å². The molecule has 1 atom stereocenters. The van der Waals surface area contributed by atoms with E-state index in [2.05, 4.69) is 14.8 Å². The normalized spacial score (nSPS) is 16.5. The van der Waals surface area contributed by atoms with Crippen molar-refractivity contribution in [2.45, 2.75) is 17.0 Å². The average Bonchev–Trinajstić information content (AvgIpc) is 3.32. The molecule has 4 rings (SSSR count). The lowest BCUT2D eigenvalue weighted by molar-refractivity contribution is -0.137. The van der Waals surface area contributed by atoms with E-state index in [9.17, 15) is 30.4 Å². The molecule has 0 bridgehead atoms. The largest absolute Gasteiger partial charge is 0.416 e. The molecule has 1 heterocycles. The minimum Gasteiger partial charge on any atom is -0.249 e. The molecule has 0 spiro atoms. The third-order valence-electron chi connectivity index (χ3n) is 5.61. The van der Waals surface area contributed by atoms with Gasteiger partial charge in [-0.15, -0.1) is 0 Å². The number of sulfonamides is 1. The number of nitrogens with one attached hydrogen (secondary N) is 1. The van der Waals surface area contributed by atoms with Gasteiger partial charge in [-0.3, -0.25) is 0 Å². The van der Waals surface area contributed by atoms with Crippen LogP contribution >= 0.6 is 11.6 Å².